The van der Waals surface area contributed by atoms with E-state index in [2.05, 4.69) is 11.8 Å². The van der Waals surface area contributed by atoms with Gasteiger partial charge in [0.15, 0.2) is 0 Å². The first-order chi connectivity index (χ1) is 18.4. The molecule has 1 aromatic heterocycles. The zero-order chi connectivity index (χ0) is 26.4. The van der Waals surface area contributed by atoms with Crippen molar-refractivity contribution in [1.82, 2.24) is 14.0 Å². The number of esters is 1. The van der Waals surface area contributed by atoms with Crippen molar-refractivity contribution in [2.45, 2.75) is 115 Å². The maximum Gasteiger partial charge on any atom is 0.332 e. The summed E-state index contributed by atoms with van der Waals surface area (Å²) in [6.07, 6.45) is 13.7. The summed E-state index contributed by atoms with van der Waals surface area (Å²) in [6.45, 7) is 4.21. The number of rotatable bonds is 5. The van der Waals surface area contributed by atoms with Gasteiger partial charge in [-0.1, -0.05) is 44.7 Å². The SMILES string of the molecule is CCOC(=O)Cn1c(=O)n([C@H]2CC3C(C)CC[C@@H](C2)N3C2C[C@H]3CCCC[C@@H](C2)C3)c(=O)c2ccccc21. The molecule has 6 rings (SSSR count). The third kappa shape index (κ3) is 4.65. The topological polar surface area (TPSA) is 73.5 Å². The summed E-state index contributed by atoms with van der Waals surface area (Å²) in [7, 11) is 0. The average molecular weight is 522 g/mol. The van der Waals surface area contributed by atoms with Crippen molar-refractivity contribution in [1.29, 1.82) is 0 Å². The number of piperidine rings is 2. The Kier molecular flexibility index (Phi) is 7.23. The van der Waals surface area contributed by atoms with Gasteiger partial charge < -0.3 is 4.74 Å². The second-order valence-corrected chi connectivity index (χ2v) is 12.6. The highest BCUT2D eigenvalue weighted by Crippen LogP contribution is 2.47. The predicted octanol–water partition coefficient (Wildman–Crippen LogP) is 4.89. The number of nitrogens with zero attached hydrogens (tertiary/aromatic N) is 3. The number of ether oxygens (including phenoxy) is 1. The van der Waals surface area contributed by atoms with E-state index in [9.17, 15) is 14.4 Å². The molecule has 4 aliphatic rings. The lowest BCUT2D eigenvalue weighted by atomic mass is 9.71. The number of aromatic nitrogens is 2. The van der Waals surface area contributed by atoms with Crippen LogP contribution in [0.4, 0.5) is 0 Å². The fourth-order valence-corrected chi connectivity index (χ4v) is 8.68. The van der Waals surface area contributed by atoms with Crippen LogP contribution in [0.2, 0.25) is 0 Å². The van der Waals surface area contributed by atoms with Crippen molar-refractivity contribution in [3.63, 3.8) is 0 Å². The van der Waals surface area contributed by atoms with Crippen molar-refractivity contribution in [3.8, 4) is 0 Å². The molecule has 38 heavy (non-hydrogen) atoms. The number of hydrogen-bond donors (Lipinski definition) is 0. The molecule has 0 radical (unpaired) electrons. The van der Waals surface area contributed by atoms with E-state index in [-0.39, 0.29) is 30.4 Å². The first-order valence-corrected chi connectivity index (χ1v) is 15.1. The molecule has 4 bridgehead atoms. The Hall–Kier alpha value is -2.41. The molecule has 206 valence electrons. The van der Waals surface area contributed by atoms with Gasteiger partial charge >= 0.3 is 11.7 Å². The maximum atomic E-state index is 13.9. The summed E-state index contributed by atoms with van der Waals surface area (Å²) in [6, 6.07) is 8.47. The fourth-order valence-electron chi connectivity index (χ4n) is 8.68. The molecule has 7 heteroatoms. The van der Waals surface area contributed by atoms with Gasteiger partial charge in [0.1, 0.15) is 6.54 Å². The van der Waals surface area contributed by atoms with Crippen LogP contribution in [0.5, 0.6) is 0 Å². The van der Waals surface area contributed by atoms with E-state index in [4.69, 9.17) is 4.74 Å². The van der Waals surface area contributed by atoms with Crippen LogP contribution in [-0.2, 0) is 16.1 Å². The third-order valence-corrected chi connectivity index (χ3v) is 10.3. The van der Waals surface area contributed by atoms with Gasteiger partial charge in [0.2, 0.25) is 0 Å². The molecule has 7 atom stereocenters. The Labute approximate surface area is 225 Å². The maximum absolute atomic E-state index is 13.9. The van der Waals surface area contributed by atoms with Crippen LogP contribution in [-0.4, -0.2) is 44.7 Å². The van der Waals surface area contributed by atoms with Crippen LogP contribution >= 0.6 is 0 Å². The number of fused-ring (bicyclic) bond motifs is 5. The number of carbonyl (C=O) groups is 1. The van der Waals surface area contributed by atoms with Crippen LogP contribution < -0.4 is 11.2 Å². The Morgan fingerprint density at radius 1 is 0.895 bits per heavy atom. The molecule has 2 aliphatic carbocycles. The van der Waals surface area contributed by atoms with E-state index < -0.39 is 5.97 Å². The highest BCUT2D eigenvalue weighted by Gasteiger charge is 2.47. The normalized spacial score (nSPS) is 33.6. The second kappa shape index (κ2) is 10.6. The van der Waals surface area contributed by atoms with Crippen molar-refractivity contribution < 1.29 is 9.53 Å². The minimum Gasteiger partial charge on any atom is -0.465 e. The lowest BCUT2D eigenvalue weighted by Gasteiger charge is -2.56. The minimum absolute atomic E-state index is 0.145. The molecule has 0 N–H and O–H groups in total. The molecule has 0 amide bonds. The van der Waals surface area contributed by atoms with E-state index in [1.165, 1.54) is 60.5 Å². The largest absolute Gasteiger partial charge is 0.465 e. The van der Waals surface area contributed by atoms with E-state index in [0.29, 0.717) is 34.9 Å². The summed E-state index contributed by atoms with van der Waals surface area (Å²) >= 11 is 0. The highest BCUT2D eigenvalue weighted by atomic mass is 16.5. The monoisotopic (exact) mass is 521 g/mol. The highest BCUT2D eigenvalue weighted by molar-refractivity contribution is 5.80. The minimum atomic E-state index is -0.455. The number of hydrogen-bond acceptors (Lipinski definition) is 5. The third-order valence-electron chi connectivity index (χ3n) is 10.3. The van der Waals surface area contributed by atoms with Crippen LogP contribution in [0, 0.1) is 17.8 Å². The van der Waals surface area contributed by atoms with Crippen LogP contribution in [0.15, 0.2) is 33.9 Å². The molecule has 2 saturated heterocycles. The summed E-state index contributed by atoms with van der Waals surface area (Å²) in [5.41, 5.74) is -0.101. The van der Waals surface area contributed by atoms with Gasteiger partial charge in [-0.05, 0) is 81.8 Å². The average Bonchev–Trinajstić information content (AvgIpc) is 3.08. The molecule has 3 unspecified atom stereocenters. The first-order valence-electron chi connectivity index (χ1n) is 15.1. The number of benzene rings is 1. The van der Waals surface area contributed by atoms with Crippen molar-refractivity contribution in [2.75, 3.05) is 6.61 Å². The Bertz CT molecular complexity index is 1280. The molecule has 7 nitrogen and oxygen atoms in total. The molecular formula is C31H43N3O4. The quantitative estimate of drug-likeness (QED) is 0.524. The molecule has 2 saturated carbocycles. The van der Waals surface area contributed by atoms with Gasteiger partial charge in [0, 0.05) is 24.2 Å². The number of carbonyl (C=O) groups excluding carboxylic acids is 1. The lowest BCUT2D eigenvalue weighted by molar-refractivity contribution is -0.143. The zero-order valence-corrected chi connectivity index (χ0v) is 23.0. The molecule has 0 spiro atoms. The van der Waals surface area contributed by atoms with Gasteiger partial charge in [-0.3, -0.25) is 23.6 Å². The second-order valence-electron chi connectivity index (χ2n) is 12.6. The summed E-state index contributed by atoms with van der Waals surface area (Å²) in [4.78, 5) is 43.0. The molecular weight excluding hydrogens is 478 g/mol. The summed E-state index contributed by atoms with van der Waals surface area (Å²) in [5.74, 6) is 1.83. The molecule has 4 fully saturated rings. The van der Waals surface area contributed by atoms with Crippen molar-refractivity contribution in [3.05, 3.63) is 45.1 Å². The van der Waals surface area contributed by atoms with Crippen molar-refractivity contribution in [2.24, 2.45) is 17.8 Å². The van der Waals surface area contributed by atoms with Crippen LogP contribution in [0.1, 0.15) is 90.5 Å². The van der Waals surface area contributed by atoms with Gasteiger partial charge in [-0.25, -0.2) is 4.79 Å². The molecule has 2 aromatic rings. The first kappa shape index (κ1) is 25.8. The van der Waals surface area contributed by atoms with Crippen LogP contribution in [0.3, 0.4) is 0 Å². The van der Waals surface area contributed by atoms with Gasteiger partial charge in [-0.2, -0.15) is 0 Å². The van der Waals surface area contributed by atoms with E-state index in [1.54, 1.807) is 25.1 Å². The van der Waals surface area contributed by atoms with Gasteiger partial charge in [0.05, 0.1) is 17.5 Å². The zero-order valence-electron chi connectivity index (χ0n) is 23.0. The van der Waals surface area contributed by atoms with E-state index in [0.717, 1.165) is 31.1 Å². The van der Waals surface area contributed by atoms with Crippen LogP contribution in [0.25, 0.3) is 10.9 Å². The fraction of sp³-hybridized carbons (Fsp3) is 0.710. The Morgan fingerprint density at radius 2 is 1.63 bits per heavy atom. The van der Waals surface area contributed by atoms with Gasteiger partial charge in [0.25, 0.3) is 5.56 Å². The smallest absolute Gasteiger partial charge is 0.332 e. The lowest BCUT2D eigenvalue weighted by Crippen LogP contribution is -2.61. The van der Waals surface area contributed by atoms with E-state index >= 15 is 0 Å². The summed E-state index contributed by atoms with van der Waals surface area (Å²) < 4.78 is 8.12. The van der Waals surface area contributed by atoms with E-state index in [1.807, 2.05) is 6.07 Å². The van der Waals surface area contributed by atoms with Gasteiger partial charge in [-0.15, -0.1) is 0 Å². The Morgan fingerprint density at radius 3 is 2.37 bits per heavy atom. The molecule has 2 aliphatic heterocycles. The molecule has 1 aromatic carbocycles. The predicted molar refractivity (Wildman–Crippen MR) is 148 cm³/mol. The summed E-state index contributed by atoms with van der Waals surface area (Å²) in [5, 5.41) is 0.494. The molecule has 3 heterocycles. The van der Waals surface area contributed by atoms with Crippen molar-refractivity contribution >= 4 is 16.9 Å². The number of para-hydroxylation sites is 1. The standard InChI is InChI=1S/C31H43N3O4/c1-3-38-29(35)19-32-27-11-7-6-10-26(27)30(36)34(31(32)37)25-17-23-13-12-20(2)28(18-25)33(23)24-15-21-8-4-5-9-22(14-21)16-24/h6-7,10-11,20-25,28H,3-5,8-9,12-19H2,1-2H3/t20?,21-,22+,23-,24?,25+,28?/m0/s1. The Balaban J connectivity index is 1.35.